The van der Waals surface area contributed by atoms with Gasteiger partial charge in [-0.1, -0.05) is 15.9 Å². The normalized spacial score (nSPS) is 20.1. The number of rotatable bonds is 2. The molecule has 1 aromatic rings. The Kier molecular flexibility index (Phi) is 3.73. The molecule has 0 saturated carbocycles. The molecule has 0 aromatic carbocycles. The number of aromatic nitrogens is 1. The zero-order chi connectivity index (χ0) is 12.6. The molecule has 2 heterocycles. The Morgan fingerprint density at radius 2 is 2.35 bits per heavy atom. The van der Waals surface area contributed by atoms with Crippen LogP contribution in [0.15, 0.2) is 10.7 Å². The number of carbonyl (C=O) groups excluding carboxylic acids is 1. The predicted molar refractivity (Wildman–Crippen MR) is 75.3 cm³/mol. The van der Waals surface area contributed by atoms with Gasteiger partial charge in [-0.15, -0.1) is 0 Å². The van der Waals surface area contributed by atoms with Gasteiger partial charge in [-0.25, -0.2) is 4.98 Å². The van der Waals surface area contributed by atoms with Crippen molar-refractivity contribution in [2.45, 2.75) is 13.3 Å². The first-order valence-corrected chi connectivity index (χ1v) is 7.23. The molecular weight excluding hydrogens is 350 g/mol. The first-order valence-electron chi connectivity index (χ1n) is 5.31. The van der Waals surface area contributed by atoms with Crippen molar-refractivity contribution in [3.05, 3.63) is 16.2 Å². The van der Waals surface area contributed by atoms with Crippen LogP contribution < -0.4 is 10.6 Å². The van der Waals surface area contributed by atoms with Gasteiger partial charge in [0.05, 0.1) is 5.69 Å². The standard InChI is InChI=1S/C11H13Br2N3O/c1-6-8(13)4-15-11(10(6)14)16-5-7(3-12)2-9(16)17/h4,7H,2-3,5,14H2,1H3. The van der Waals surface area contributed by atoms with E-state index in [0.29, 0.717) is 30.4 Å². The van der Waals surface area contributed by atoms with E-state index in [-0.39, 0.29) is 5.91 Å². The zero-order valence-corrected chi connectivity index (χ0v) is 12.6. The Bertz CT molecular complexity index is 464. The summed E-state index contributed by atoms with van der Waals surface area (Å²) < 4.78 is 0.863. The molecule has 1 amide bonds. The Balaban J connectivity index is 2.35. The second-order valence-electron chi connectivity index (χ2n) is 4.20. The second-order valence-corrected chi connectivity index (χ2v) is 5.70. The minimum Gasteiger partial charge on any atom is -0.395 e. The summed E-state index contributed by atoms with van der Waals surface area (Å²) in [5.41, 5.74) is 7.51. The summed E-state index contributed by atoms with van der Waals surface area (Å²) in [6, 6.07) is 0. The maximum absolute atomic E-state index is 11.9. The molecular formula is C11H13Br2N3O. The van der Waals surface area contributed by atoms with Gasteiger partial charge in [-0.05, 0) is 34.3 Å². The van der Waals surface area contributed by atoms with Crippen molar-refractivity contribution in [1.82, 2.24) is 4.98 Å². The summed E-state index contributed by atoms with van der Waals surface area (Å²) in [4.78, 5) is 17.8. The zero-order valence-electron chi connectivity index (χ0n) is 9.41. The molecule has 92 valence electrons. The highest BCUT2D eigenvalue weighted by Crippen LogP contribution is 2.33. The van der Waals surface area contributed by atoms with Gasteiger partial charge < -0.3 is 5.73 Å². The number of carbonyl (C=O) groups is 1. The van der Waals surface area contributed by atoms with Gasteiger partial charge in [0, 0.05) is 29.0 Å². The SMILES string of the molecule is Cc1c(Br)cnc(N2CC(CBr)CC2=O)c1N. The van der Waals surface area contributed by atoms with Crippen LogP contribution in [-0.2, 0) is 4.79 Å². The minimum absolute atomic E-state index is 0.0929. The van der Waals surface area contributed by atoms with E-state index in [0.717, 1.165) is 15.4 Å². The average molecular weight is 363 g/mol. The Labute approximate surface area is 117 Å². The van der Waals surface area contributed by atoms with Crippen molar-refractivity contribution >= 4 is 49.3 Å². The van der Waals surface area contributed by atoms with E-state index in [4.69, 9.17) is 5.73 Å². The molecule has 1 unspecified atom stereocenters. The van der Waals surface area contributed by atoms with Crippen LogP contribution in [-0.4, -0.2) is 22.8 Å². The van der Waals surface area contributed by atoms with Crippen molar-refractivity contribution in [2.75, 3.05) is 22.5 Å². The topological polar surface area (TPSA) is 59.2 Å². The highest BCUT2D eigenvalue weighted by atomic mass is 79.9. The number of alkyl halides is 1. The molecule has 2 N–H and O–H groups in total. The number of nitrogen functional groups attached to an aromatic ring is 1. The van der Waals surface area contributed by atoms with Gasteiger partial charge >= 0.3 is 0 Å². The fourth-order valence-electron chi connectivity index (χ4n) is 1.89. The van der Waals surface area contributed by atoms with Crippen molar-refractivity contribution in [3.63, 3.8) is 0 Å². The van der Waals surface area contributed by atoms with Crippen LogP contribution in [0.1, 0.15) is 12.0 Å². The lowest BCUT2D eigenvalue weighted by atomic mass is 10.2. The fraction of sp³-hybridized carbons (Fsp3) is 0.455. The highest BCUT2D eigenvalue weighted by molar-refractivity contribution is 9.10. The number of anilines is 2. The smallest absolute Gasteiger partial charge is 0.228 e. The molecule has 2 rings (SSSR count). The average Bonchev–Trinajstić information content (AvgIpc) is 2.68. The quantitative estimate of drug-likeness (QED) is 0.822. The summed E-state index contributed by atoms with van der Waals surface area (Å²) in [6.07, 6.45) is 2.25. The Hall–Kier alpha value is -0.620. The number of hydrogen-bond acceptors (Lipinski definition) is 3. The third kappa shape index (κ3) is 2.33. The monoisotopic (exact) mass is 361 g/mol. The van der Waals surface area contributed by atoms with Crippen LogP contribution in [0, 0.1) is 12.8 Å². The van der Waals surface area contributed by atoms with E-state index in [1.54, 1.807) is 11.1 Å². The van der Waals surface area contributed by atoms with Crippen LogP contribution in [0.5, 0.6) is 0 Å². The summed E-state index contributed by atoms with van der Waals surface area (Å²) >= 11 is 6.79. The van der Waals surface area contributed by atoms with Crippen molar-refractivity contribution in [2.24, 2.45) is 5.92 Å². The summed E-state index contributed by atoms with van der Waals surface area (Å²) in [7, 11) is 0. The van der Waals surface area contributed by atoms with Crippen LogP contribution in [0.3, 0.4) is 0 Å². The van der Waals surface area contributed by atoms with Crippen LogP contribution in [0.4, 0.5) is 11.5 Å². The fourth-order valence-corrected chi connectivity index (χ4v) is 2.63. The third-order valence-corrected chi connectivity index (χ3v) is 4.70. The van der Waals surface area contributed by atoms with E-state index < -0.39 is 0 Å². The molecule has 1 aliphatic heterocycles. The number of amides is 1. The lowest BCUT2D eigenvalue weighted by Gasteiger charge is -2.18. The van der Waals surface area contributed by atoms with E-state index in [9.17, 15) is 4.79 Å². The van der Waals surface area contributed by atoms with E-state index in [2.05, 4.69) is 36.8 Å². The molecule has 6 heteroatoms. The highest BCUT2D eigenvalue weighted by Gasteiger charge is 2.32. The molecule has 1 aliphatic rings. The molecule has 1 saturated heterocycles. The van der Waals surface area contributed by atoms with Gasteiger partial charge in [-0.3, -0.25) is 9.69 Å². The van der Waals surface area contributed by atoms with Crippen molar-refractivity contribution < 1.29 is 4.79 Å². The molecule has 1 atom stereocenters. The summed E-state index contributed by atoms with van der Waals surface area (Å²) in [5.74, 6) is 1.02. The van der Waals surface area contributed by atoms with Gasteiger partial charge in [-0.2, -0.15) is 0 Å². The third-order valence-electron chi connectivity index (χ3n) is 2.98. The van der Waals surface area contributed by atoms with Crippen LogP contribution in [0.2, 0.25) is 0 Å². The first kappa shape index (κ1) is 12.8. The van der Waals surface area contributed by atoms with E-state index >= 15 is 0 Å². The lowest BCUT2D eigenvalue weighted by molar-refractivity contribution is -0.117. The molecule has 1 aromatic heterocycles. The largest absolute Gasteiger partial charge is 0.395 e. The molecule has 0 aliphatic carbocycles. The molecule has 4 nitrogen and oxygen atoms in total. The van der Waals surface area contributed by atoms with Crippen molar-refractivity contribution in [1.29, 1.82) is 0 Å². The minimum atomic E-state index is 0.0929. The Morgan fingerprint density at radius 1 is 1.65 bits per heavy atom. The molecule has 1 fully saturated rings. The second kappa shape index (κ2) is 4.94. The predicted octanol–water partition coefficient (Wildman–Crippen LogP) is 2.48. The van der Waals surface area contributed by atoms with Gasteiger partial charge in [0.15, 0.2) is 5.82 Å². The van der Waals surface area contributed by atoms with Gasteiger partial charge in [0.2, 0.25) is 5.91 Å². The maximum atomic E-state index is 11.9. The molecule has 0 bridgehead atoms. The van der Waals surface area contributed by atoms with Crippen LogP contribution >= 0.6 is 31.9 Å². The molecule has 17 heavy (non-hydrogen) atoms. The number of nitrogens with two attached hydrogens (primary N) is 1. The van der Waals surface area contributed by atoms with Gasteiger partial charge in [0.1, 0.15) is 0 Å². The maximum Gasteiger partial charge on any atom is 0.228 e. The summed E-state index contributed by atoms with van der Waals surface area (Å²) in [6.45, 7) is 2.59. The number of halogens is 2. The van der Waals surface area contributed by atoms with Gasteiger partial charge in [0.25, 0.3) is 0 Å². The number of hydrogen-bond donors (Lipinski definition) is 1. The Morgan fingerprint density at radius 3 is 2.94 bits per heavy atom. The molecule has 0 spiro atoms. The molecule has 0 radical (unpaired) electrons. The number of nitrogens with zero attached hydrogens (tertiary/aromatic N) is 2. The van der Waals surface area contributed by atoms with Crippen molar-refractivity contribution in [3.8, 4) is 0 Å². The van der Waals surface area contributed by atoms with E-state index in [1.807, 2.05) is 6.92 Å². The first-order chi connectivity index (χ1) is 8.04. The summed E-state index contributed by atoms with van der Waals surface area (Å²) in [5, 5.41) is 0.824. The number of pyridine rings is 1. The lowest BCUT2D eigenvalue weighted by Crippen LogP contribution is -2.27. The van der Waals surface area contributed by atoms with E-state index in [1.165, 1.54) is 0 Å². The van der Waals surface area contributed by atoms with Crippen LogP contribution in [0.25, 0.3) is 0 Å².